The lowest BCUT2D eigenvalue weighted by atomic mass is 9.95. The monoisotopic (exact) mass is 287 g/mol. The van der Waals surface area contributed by atoms with Crippen LogP contribution in [0.15, 0.2) is 36.4 Å². The average molecular weight is 288 g/mol. The predicted octanol–water partition coefficient (Wildman–Crippen LogP) is 3.61. The Kier molecular flexibility index (Phi) is 3.38. The van der Waals surface area contributed by atoms with E-state index in [0.717, 1.165) is 12.4 Å². The second-order valence-electron chi connectivity index (χ2n) is 5.60. The number of hydrogen-bond donors (Lipinski definition) is 0. The maximum absolute atomic E-state index is 6.02. The normalized spacial score (nSPS) is 15.9. The molecule has 2 aromatic rings. The van der Waals surface area contributed by atoms with Crippen LogP contribution in [0.5, 0.6) is 0 Å². The van der Waals surface area contributed by atoms with E-state index < -0.39 is 0 Å². The quantitative estimate of drug-likeness (QED) is 0.805. The molecular formula is C16H18ClN3. The molecule has 20 heavy (non-hydrogen) atoms. The first kappa shape index (κ1) is 13.4. The molecule has 0 radical (unpaired) electrons. The maximum Gasteiger partial charge on any atom is 0.134 e. The highest BCUT2D eigenvalue weighted by molar-refractivity contribution is 6.29. The molecule has 4 heteroatoms. The van der Waals surface area contributed by atoms with Gasteiger partial charge in [0.05, 0.1) is 0 Å². The van der Waals surface area contributed by atoms with Gasteiger partial charge in [-0.1, -0.05) is 41.9 Å². The van der Waals surface area contributed by atoms with Gasteiger partial charge in [-0.3, -0.25) is 0 Å². The number of anilines is 1. The van der Waals surface area contributed by atoms with Gasteiger partial charge in [-0.2, -0.15) is 0 Å². The van der Waals surface area contributed by atoms with Crippen LogP contribution in [0, 0.1) is 6.92 Å². The summed E-state index contributed by atoms with van der Waals surface area (Å²) in [5.41, 5.74) is 1.70. The summed E-state index contributed by atoms with van der Waals surface area (Å²) < 4.78 is 0. The maximum atomic E-state index is 6.02. The lowest BCUT2D eigenvalue weighted by molar-refractivity contribution is 0.667. The van der Waals surface area contributed by atoms with Crippen molar-refractivity contribution >= 4 is 17.4 Å². The van der Waals surface area contributed by atoms with Crippen LogP contribution >= 0.6 is 11.6 Å². The van der Waals surface area contributed by atoms with Crippen molar-refractivity contribution in [3.05, 3.63) is 52.9 Å². The molecular weight excluding hydrogens is 270 g/mol. The standard InChI is InChI=1S/C16H18ClN3/c1-12-18-14(17)10-15(19-12)20(2)11-16(8-9-16)13-6-4-3-5-7-13/h3-7,10H,8-9,11H2,1-2H3. The highest BCUT2D eigenvalue weighted by atomic mass is 35.5. The Morgan fingerprint density at radius 3 is 2.50 bits per heavy atom. The van der Waals surface area contributed by atoms with Gasteiger partial charge in [0, 0.05) is 25.1 Å². The number of aromatic nitrogens is 2. The molecule has 0 N–H and O–H groups in total. The van der Waals surface area contributed by atoms with Gasteiger partial charge in [0.15, 0.2) is 0 Å². The minimum atomic E-state index is 0.279. The minimum absolute atomic E-state index is 0.279. The Morgan fingerprint density at radius 1 is 1.20 bits per heavy atom. The molecule has 1 aliphatic carbocycles. The first-order valence-corrected chi connectivity index (χ1v) is 7.25. The number of likely N-dealkylation sites (N-methyl/N-ethyl adjacent to an activating group) is 1. The van der Waals surface area contributed by atoms with Crippen LogP contribution in [0.1, 0.15) is 24.2 Å². The van der Waals surface area contributed by atoms with E-state index in [2.05, 4.69) is 52.2 Å². The molecule has 0 unspecified atom stereocenters. The van der Waals surface area contributed by atoms with Crippen molar-refractivity contribution < 1.29 is 0 Å². The van der Waals surface area contributed by atoms with E-state index in [-0.39, 0.29) is 5.41 Å². The SMILES string of the molecule is Cc1nc(Cl)cc(N(C)CC2(c3ccccc3)CC2)n1. The van der Waals surface area contributed by atoms with Gasteiger partial charge in [-0.25, -0.2) is 9.97 Å². The molecule has 0 bridgehead atoms. The van der Waals surface area contributed by atoms with Gasteiger partial charge in [0.1, 0.15) is 16.8 Å². The zero-order valence-corrected chi connectivity index (χ0v) is 12.6. The summed E-state index contributed by atoms with van der Waals surface area (Å²) in [7, 11) is 2.07. The van der Waals surface area contributed by atoms with Gasteiger partial charge in [0.25, 0.3) is 0 Å². The van der Waals surface area contributed by atoms with Crippen molar-refractivity contribution in [2.24, 2.45) is 0 Å². The lowest BCUT2D eigenvalue weighted by Gasteiger charge is -2.25. The number of halogens is 1. The molecule has 1 fully saturated rings. The molecule has 1 aliphatic rings. The Bertz CT molecular complexity index is 588. The topological polar surface area (TPSA) is 29.0 Å². The molecule has 3 nitrogen and oxygen atoms in total. The molecule has 0 spiro atoms. The zero-order chi connectivity index (χ0) is 14.2. The summed E-state index contributed by atoms with van der Waals surface area (Å²) in [6.07, 6.45) is 2.47. The van der Waals surface area contributed by atoms with E-state index in [1.54, 1.807) is 0 Å². The molecule has 104 valence electrons. The largest absolute Gasteiger partial charge is 0.359 e. The van der Waals surface area contributed by atoms with E-state index in [1.165, 1.54) is 18.4 Å². The zero-order valence-electron chi connectivity index (χ0n) is 11.8. The number of benzene rings is 1. The molecule has 0 saturated heterocycles. The van der Waals surface area contributed by atoms with Crippen LogP contribution in [-0.2, 0) is 5.41 Å². The first-order chi connectivity index (χ1) is 9.59. The number of hydrogen-bond acceptors (Lipinski definition) is 3. The van der Waals surface area contributed by atoms with Gasteiger partial charge < -0.3 is 4.90 Å². The fraction of sp³-hybridized carbons (Fsp3) is 0.375. The second kappa shape index (κ2) is 5.06. The second-order valence-corrected chi connectivity index (χ2v) is 5.99. The Hall–Kier alpha value is -1.61. The summed E-state index contributed by atoms with van der Waals surface area (Å²) in [6, 6.07) is 12.6. The first-order valence-electron chi connectivity index (χ1n) is 6.87. The van der Waals surface area contributed by atoms with Crippen molar-refractivity contribution in [2.75, 3.05) is 18.5 Å². The molecule has 0 atom stereocenters. The van der Waals surface area contributed by atoms with Crippen LogP contribution < -0.4 is 4.90 Å². The van der Waals surface area contributed by atoms with E-state index in [9.17, 15) is 0 Å². The summed E-state index contributed by atoms with van der Waals surface area (Å²) >= 11 is 6.02. The van der Waals surface area contributed by atoms with Crippen LogP contribution in [0.4, 0.5) is 5.82 Å². The summed E-state index contributed by atoms with van der Waals surface area (Å²) in [6.45, 7) is 2.83. The summed E-state index contributed by atoms with van der Waals surface area (Å²) in [5, 5.41) is 0.504. The van der Waals surface area contributed by atoms with Crippen molar-refractivity contribution in [2.45, 2.75) is 25.2 Å². The summed E-state index contributed by atoms with van der Waals surface area (Å²) in [5.74, 6) is 1.61. The summed E-state index contributed by atoms with van der Waals surface area (Å²) in [4.78, 5) is 10.8. The molecule has 1 aromatic heterocycles. The molecule has 3 rings (SSSR count). The van der Waals surface area contributed by atoms with Gasteiger partial charge in [-0.15, -0.1) is 0 Å². The Morgan fingerprint density at radius 2 is 1.90 bits per heavy atom. The van der Waals surface area contributed by atoms with Crippen molar-refractivity contribution in [1.29, 1.82) is 0 Å². The lowest BCUT2D eigenvalue weighted by Crippen LogP contribution is -2.30. The van der Waals surface area contributed by atoms with Crippen molar-refractivity contribution in [1.82, 2.24) is 9.97 Å². The van der Waals surface area contributed by atoms with Gasteiger partial charge >= 0.3 is 0 Å². The molecule has 0 aliphatic heterocycles. The highest BCUT2D eigenvalue weighted by Gasteiger charge is 2.45. The molecule has 1 aromatic carbocycles. The van der Waals surface area contributed by atoms with Crippen LogP contribution in [0.3, 0.4) is 0 Å². The smallest absolute Gasteiger partial charge is 0.134 e. The third kappa shape index (κ3) is 2.63. The van der Waals surface area contributed by atoms with Gasteiger partial charge in [0.2, 0.25) is 0 Å². The molecule has 1 saturated carbocycles. The molecule has 0 amide bonds. The fourth-order valence-corrected chi connectivity index (χ4v) is 2.95. The van der Waals surface area contributed by atoms with Crippen molar-refractivity contribution in [3.8, 4) is 0 Å². The van der Waals surface area contributed by atoms with Crippen LogP contribution in [0.2, 0.25) is 5.15 Å². The van der Waals surface area contributed by atoms with E-state index >= 15 is 0 Å². The third-order valence-electron chi connectivity index (χ3n) is 3.96. The Labute approximate surface area is 124 Å². The average Bonchev–Trinajstić information content (AvgIpc) is 3.19. The van der Waals surface area contributed by atoms with Crippen molar-refractivity contribution in [3.63, 3.8) is 0 Å². The predicted molar refractivity (Wildman–Crippen MR) is 82.4 cm³/mol. The fourth-order valence-electron chi connectivity index (χ4n) is 2.73. The van der Waals surface area contributed by atoms with Gasteiger partial charge in [-0.05, 0) is 25.3 Å². The highest BCUT2D eigenvalue weighted by Crippen LogP contribution is 2.48. The van der Waals surface area contributed by atoms with E-state index in [0.29, 0.717) is 11.0 Å². The number of nitrogens with zero attached hydrogens (tertiary/aromatic N) is 3. The minimum Gasteiger partial charge on any atom is -0.359 e. The Balaban J connectivity index is 1.81. The molecule has 1 heterocycles. The number of aryl methyl sites for hydroxylation is 1. The van der Waals surface area contributed by atoms with E-state index in [4.69, 9.17) is 11.6 Å². The van der Waals surface area contributed by atoms with Crippen LogP contribution in [-0.4, -0.2) is 23.6 Å². The van der Waals surface area contributed by atoms with E-state index in [1.807, 2.05) is 13.0 Å². The van der Waals surface area contributed by atoms with Crippen LogP contribution in [0.25, 0.3) is 0 Å². The number of rotatable bonds is 4. The third-order valence-corrected chi connectivity index (χ3v) is 4.16.